The molecule has 2 rings (SSSR count). The van der Waals surface area contributed by atoms with Crippen LogP contribution < -0.4 is 0 Å². The zero-order valence-electron chi connectivity index (χ0n) is 13.9. The van der Waals surface area contributed by atoms with Crippen molar-refractivity contribution in [2.24, 2.45) is 0 Å². The van der Waals surface area contributed by atoms with Gasteiger partial charge < -0.3 is 54.3 Å². The van der Waals surface area contributed by atoms with Gasteiger partial charge in [0.2, 0.25) is 0 Å². The fraction of sp³-hybridized carbons (Fsp3) is 1.00. The van der Waals surface area contributed by atoms with Crippen molar-refractivity contribution in [2.75, 3.05) is 27.4 Å². The average Bonchev–Trinajstić information content (AvgIpc) is 2.97. The number of rotatable bonds is 7. The summed E-state index contributed by atoms with van der Waals surface area (Å²) in [5.41, 5.74) is 0. The van der Waals surface area contributed by atoms with Crippen LogP contribution >= 0.6 is 0 Å². The maximum absolute atomic E-state index is 10.3. The van der Waals surface area contributed by atoms with E-state index in [1.165, 1.54) is 14.2 Å². The molecule has 0 spiro atoms. The summed E-state index contributed by atoms with van der Waals surface area (Å²) in [5.74, 6) is 0. The fourth-order valence-corrected chi connectivity index (χ4v) is 2.94. The molecule has 2 heterocycles. The van der Waals surface area contributed by atoms with Crippen LogP contribution in [0, 0.1) is 0 Å². The maximum Gasteiger partial charge on any atom is 0.187 e. The minimum atomic E-state index is -1.64. The molecule has 0 aromatic rings. The fourth-order valence-electron chi connectivity index (χ4n) is 2.94. The number of aliphatic hydroxyl groups excluding tert-OH is 6. The van der Waals surface area contributed by atoms with Gasteiger partial charge in [0.1, 0.15) is 48.8 Å². The molecule has 0 radical (unpaired) electrons. The summed E-state index contributed by atoms with van der Waals surface area (Å²) in [6, 6.07) is 0. The summed E-state index contributed by atoms with van der Waals surface area (Å²) in [5, 5.41) is 59.1. The number of aliphatic hydroxyl groups is 6. The molecule has 0 bridgehead atoms. The van der Waals surface area contributed by atoms with Gasteiger partial charge in [-0.2, -0.15) is 0 Å². The van der Waals surface area contributed by atoms with E-state index in [9.17, 15) is 30.6 Å². The molecule has 2 aliphatic heterocycles. The van der Waals surface area contributed by atoms with E-state index in [1.54, 1.807) is 0 Å². The maximum atomic E-state index is 10.3. The molecule has 2 saturated heterocycles. The van der Waals surface area contributed by atoms with Crippen LogP contribution in [-0.2, 0) is 23.7 Å². The smallest absolute Gasteiger partial charge is 0.187 e. The lowest BCUT2D eigenvalue weighted by Gasteiger charge is -2.41. The lowest BCUT2D eigenvalue weighted by molar-refractivity contribution is -0.321. The van der Waals surface area contributed by atoms with Gasteiger partial charge in [-0.25, -0.2) is 0 Å². The summed E-state index contributed by atoms with van der Waals surface area (Å²) in [7, 11) is 2.63. The third kappa shape index (κ3) is 4.28. The molecule has 2 aliphatic rings. The van der Waals surface area contributed by atoms with Crippen LogP contribution in [0.15, 0.2) is 0 Å². The SMILES string of the molecule is COC(OC)[C@@H](O)C1OC[C@H](O)[C@H]1O[C@@H]1O[C@H](CO)[C@H](O)[C@H](O)[C@H]1O. The van der Waals surface area contributed by atoms with E-state index >= 15 is 0 Å². The van der Waals surface area contributed by atoms with Crippen LogP contribution in [0.4, 0.5) is 0 Å². The van der Waals surface area contributed by atoms with E-state index in [2.05, 4.69) is 0 Å². The Morgan fingerprint density at radius 1 is 1.04 bits per heavy atom. The molecule has 25 heavy (non-hydrogen) atoms. The topological polar surface area (TPSA) is 168 Å². The molecule has 0 aromatic heterocycles. The Morgan fingerprint density at radius 2 is 1.68 bits per heavy atom. The van der Waals surface area contributed by atoms with E-state index in [1.807, 2.05) is 0 Å². The summed E-state index contributed by atoms with van der Waals surface area (Å²) in [6.45, 7) is -0.764. The number of methoxy groups -OCH3 is 2. The van der Waals surface area contributed by atoms with E-state index in [0.717, 1.165) is 0 Å². The van der Waals surface area contributed by atoms with Gasteiger partial charge in [-0.15, -0.1) is 0 Å². The summed E-state index contributed by atoms with van der Waals surface area (Å²) < 4.78 is 26.0. The Kier molecular flexibility index (Phi) is 7.49. The first-order valence-electron chi connectivity index (χ1n) is 7.85. The first-order chi connectivity index (χ1) is 11.8. The minimum Gasteiger partial charge on any atom is -0.394 e. The molecule has 11 heteroatoms. The Bertz CT molecular complexity index is 404. The van der Waals surface area contributed by atoms with Gasteiger partial charge in [0.25, 0.3) is 0 Å². The van der Waals surface area contributed by atoms with Crippen LogP contribution in [0.2, 0.25) is 0 Å². The second kappa shape index (κ2) is 8.97. The average molecular weight is 370 g/mol. The molecule has 1 unspecified atom stereocenters. The monoisotopic (exact) mass is 370 g/mol. The second-order valence-electron chi connectivity index (χ2n) is 5.99. The highest BCUT2D eigenvalue weighted by atomic mass is 16.7. The van der Waals surface area contributed by atoms with Crippen molar-refractivity contribution in [1.29, 1.82) is 0 Å². The number of hydrogen-bond donors (Lipinski definition) is 6. The quantitative estimate of drug-likeness (QED) is 0.241. The minimum absolute atomic E-state index is 0.149. The van der Waals surface area contributed by atoms with E-state index in [4.69, 9.17) is 23.7 Å². The van der Waals surface area contributed by atoms with Gasteiger partial charge in [0, 0.05) is 14.2 Å². The van der Waals surface area contributed by atoms with E-state index < -0.39 is 68.0 Å². The standard InChI is InChI=1S/C14H26O11/c1-21-13(22-2)10(20)12-11(5(16)4-23-12)25-14-9(19)8(18)7(17)6(3-15)24-14/h5-20H,3-4H2,1-2H3/t5-,6+,7-,8-,9+,10-,11+,12?,14-/m0/s1. The Hall–Kier alpha value is -0.440. The second-order valence-corrected chi connectivity index (χ2v) is 5.99. The lowest BCUT2D eigenvalue weighted by atomic mass is 9.99. The van der Waals surface area contributed by atoms with Crippen molar-refractivity contribution in [3.8, 4) is 0 Å². The van der Waals surface area contributed by atoms with Gasteiger partial charge >= 0.3 is 0 Å². The van der Waals surface area contributed by atoms with Crippen LogP contribution in [-0.4, -0.2) is 119 Å². The predicted molar refractivity (Wildman–Crippen MR) is 78.2 cm³/mol. The molecule has 0 saturated carbocycles. The van der Waals surface area contributed by atoms with Gasteiger partial charge in [-0.1, -0.05) is 0 Å². The molecule has 2 fully saturated rings. The third-order valence-corrected chi connectivity index (χ3v) is 4.38. The highest BCUT2D eigenvalue weighted by Crippen LogP contribution is 2.29. The number of ether oxygens (including phenoxy) is 5. The van der Waals surface area contributed by atoms with Crippen molar-refractivity contribution in [2.45, 2.75) is 61.4 Å². The molecular formula is C14H26O11. The van der Waals surface area contributed by atoms with Crippen LogP contribution in [0.1, 0.15) is 0 Å². The predicted octanol–water partition coefficient (Wildman–Crippen LogP) is -4.09. The first kappa shape index (κ1) is 20.9. The van der Waals surface area contributed by atoms with Gasteiger partial charge in [-0.05, 0) is 0 Å². The highest BCUT2D eigenvalue weighted by molar-refractivity contribution is 4.94. The third-order valence-electron chi connectivity index (χ3n) is 4.38. The molecule has 0 aliphatic carbocycles. The van der Waals surface area contributed by atoms with Gasteiger partial charge in [0.05, 0.1) is 13.2 Å². The van der Waals surface area contributed by atoms with Crippen LogP contribution in [0.25, 0.3) is 0 Å². The largest absolute Gasteiger partial charge is 0.394 e. The Labute approximate surface area is 144 Å². The molecule has 9 atom stereocenters. The zero-order chi connectivity index (χ0) is 18.7. The van der Waals surface area contributed by atoms with Crippen molar-refractivity contribution in [3.05, 3.63) is 0 Å². The van der Waals surface area contributed by atoms with E-state index in [-0.39, 0.29) is 6.61 Å². The molecular weight excluding hydrogens is 344 g/mol. The van der Waals surface area contributed by atoms with Gasteiger partial charge in [0.15, 0.2) is 12.6 Å². The van der Waals surface area contributed by atoms with Crippen molar-refractivity contribution in [3.63, 3.8) is 0 Å². The molecule has 148 valence electrons. The Balaban J connectivity index is 2.10. The normalized spacial score (nSPS) is 43.6. The zero-order valence-corrected chi connectivity index (χ0v) is 13.9. The summed E-state index contributed by atoms with van der Waals surface area (Å²) in [6.07, 6.45) is -13.1. The molecule has 0 aromatic carbocycles. The molecule has 6 N–H and O–H groups in total. The summed E-state index contributed by atoms with van der Waals surface area (Å²) in [4.78, 5) is 0. The van der Waals surface area contributed by atoms with Gasteiger partial charge in [-0.3, -0.25) is 0 Å². The molecule has 11 nitrogen and oxygen atoms in total. The first-order valence-corrected chi connectivity index (χ1v) is 7.85. The Morgan fingerprint density at radius 3 is 2.24 bits per heavy atom. The summed E-state index contributed by atoms with van der Waals surface area (Å²) >= 11 is 0. The highest BCUT2D eigenvalue weighted by Gasteiger charge is 2.50. The van der Waals surface area contributed by atoms with Crippen LogP contribution in [0.5, 0.6) is 0 Å². The molecule has 0 amide bonds. The van der Waals surface area contributed by atoms with Crippen molar-refractivity contribution in [1.82, 2.24) is 0 Å². The lowest BCUT2D eigenvalue weighted by Crippen LogP contribution is -2.61. The van der Waals surface area contributed by atoms with Crippen molar-refractivity contribution >= 4 is 0 Å². The van der Waals surface area contributed by atoms with Crippen molar-refractivity contribution < 1.29 is 54.3 Å². The van der Waals surface area contributed by atoms with Crippen LogP contribution in [0.3, 0.4) is 0 Å². The number of hydrogen-bond acceptors (Lipinski definition) is 11. The van der Waals surface area contributed by atoms with E-state index in [0.29, 0.717) is 0 Å².